The topological polar surface area (TPSA) is 95.2 Å². The van der Waals surface area contributed by atoms with Gasteiger partial charge in [0, 0.05) is 6.20 Å². The SMILES string of the molecule is COc1cnc(C(NN)c2ccc(Cl)cn2)c(OC)n1. The molecular weight excluding hydrogens is 282 g/mol. The minimum atomic E-state index is -0.472. The lowest BCUT2D eigenvalue weighted by Gasteiger charge is -2.17. The van der Waals surface area contributed by atoms with Crippen molar-refractivity contribution in [3.63, 3.8) is 0 Å². The van der Waals surface area contributed by atoms with Crippen molar-refractivity contribution < 1.29 is 9.47 Å². The van der Waals surface area contributed by atoms with E-state index in [2.05, 4.69) is 20.4 Å². The Labute approximate surface area is 121 Å². The van der Waals surface area contributed by atoms with Gasteiger partial charge in [0.05, 0.1) is 31.1 Å². The number of methoxy groups -OCH3 is 2. The van der Waals surface area contributed by atoms with Crippen molar-refractivity contribution >= 4 is 11.6 Å². The highest BCUT2D eigenvalue weighted by molar-refractivity contribution is 6.30. The zero-order valence-electron chi connectivity index (χ0n) is 11.0. The first-order valence-corrected chi connectivity index (χ1v) is 6.10. The van der Waals surface area contributed by atoms with Gasteiger partial charge in [-0.25, -0.2) is 10.4 Å². The Balaban J connectivity index is 2.43. The first kappa shape index (κ1) is 14.4. The number of ether oxygens (including phenoxy) is 2. The average Bonchev–Trinajstić information content (AvgIpc) is 2.50. The van der Waals surface area contributed by atoms with E-state index in [9.17, 15) is 0 Å². The zero-order valence-corrected chi connectivity index (χ0v) is 11.8. The van der Waals surface area contributed by atoms with E-state index in [0.717, 1.165) is 0 Å². The lowest BCUT2D eigenvalue weighted by molar-refractivity contribution is 0.352. The van der Waals surface area contributed by atoms with Crippen molar-refractivity contribution in [3.05, 3.63) is 40.9 Å². The number of aromatic nitrogens is 3. The molecule has 0 saturated heterocycles. The monoisotopic (exact) mass is 295 g/mol. The molecule has 7 nitrogen and oxygen atoms in total. The number of rotatable bonds is 5. The highest BCUT2D eigenvalue weighted by atomic mass is 35.5. The maximum absolute atomic E-state index is 5.82. The van der Waals surface area contributed by atoms with Crippen molar-refractivity contribution in [3.8, 4) is 11.8 Å². The van der Waals surface area contributed by atoms with E-state index in [1.54, 1.807) is 12.1 Å². The van der Waals surface area contributed by atoms with E-state index in [1.807, 2.05) is 0 Å². The summed E-state index contributed by atoms with van der Waals surface area (Å²) in [5.41, 5.74) is 3.79. The number of hydrogen-bond acceptors (Lipinski definition) is 7. The van der Waals surface area contributed by atoms with Gasteiger partial charge in [-0.3, -0.25) is 10.8 Å². The summed E-state index contributed by atoms with van der Waals surface area (Å²) in [5, 5.41) is 0.539. The van der Waals surface area contributed by atoms with Gasteiger partial charge >= 0.3 is 0 Å². The number of pyridine rings is 1. The average molecular weight is 296 g/mol. The van der Waals surface area contributed by atoms with Crippen molar-refractivity contribution in [1.82, 2.24) is 20.4 Å². The van der Waals surface area contributed by atoms with Gasteiger partial charge in [-0.1, -0.05) is 11.6 Å². The highest BCUT2D eigenvalue weighted by Crippen LogP contribution is 2.27. The molecule has 0 aliphatic heterocycles. The molecule has 0 spiro atoms. The minimum absolute atomic E-state index is 0.309. The fourth-order valence-electron chi connectivity index (χ4n) is 1.68. The molecule has 8 heteroatoms. The Morgan fingerprint density at radius 2 is 2.00 bits per heavy atom. The van der Waals surface area contributed by atoms with E-state index in [0.29, 0.717) is 28.2 Å². The van der Waals surface area contributed by atoms with Gasteiger partial charge in [0.15, 0.2) is 0 Å². The molecule has 0 aliphatic carbocycles. The quantitative estimate of drug-likeness (QED) is 0.630. The fraction of sp³-hybridized carbons (Fsp3) is 0.250. The highest BCUT2D eigenvalue weighted by Gasteiger charge is 2.21. The second kappa shape index (κ2) is 6.47. The number of hydrazine groups is 1. The standard InChI is InChI=1S/C12H14ClN5O2/c1-19-9-6-16-11(12(17-9)20-2)10(18-14)8-4-3-7(13)5-15-8/h3-6,10,18H,14H2,1-2H3. The summed E-state index contributed by atoms with van der Waals surface area (Å²) in [5.74, 6) is 6.25. The van der Waals surface area contributed by atoms with E-state index in [1.165, 1.54) is 26.6 Å². The molecule has 0 aliphatic rings. The van der Waals surface area contributed by atoms with Gasteiger partial charge in [0.25, 0.3) is 0 Å². The predicted octanol–water partition coefficient (Wildman–Crippen LogP) is 1.09. The number of nitrogens with one attached hydrogen (secondary N) is 1. The molecular formula is C12H14ClN5O2. The third kappa shape index (κ3) is 2.96. The van der Waals surface area contributed by atoms with Crippen LogP contribution in [0.5, 0.6) is 11.8 Å². The van der Waals surface area contributed by atoms with Gasteiger partial charge < -0.3 is 9.47 Å². The summed E-state index contributed by atoms with van der Waals surface area (Å²) >= 11 is 5.82. The Hall–Kier alpha value is -1.96. The molecule has 0 amide bonds. The van der Waals surface area contributed by atoms with Crippen LogP contribution in [0, 0.1) is 0 Å². The van der Waals surface area contributed by atoms with Crippen LogP contribution in [-0.2, 0) is 0 Å². The Morgan fingerprint density at radius 1 is 1.20 bits per heavy atom. The summed E-state index contributed by atoms with van der Waals surface area (Å²) in [6, 6.07) is 3.00. The smallest absolute Gasteiger partial charge is 0.240 e. The molecule has 2 rings (SSSR count). The second-order valence-corrected chi connectivity index (χ2v) is 4.24. The third-order valence-corrected chi connectivity index (χ3v) is 2.86. The predicted molar refractivity (Wildman–Crippen MR) is 73.5 cm³/mol. The molecule has 0 radical (unpaired) electrons. The minimum Gasteiger partial charge on any atom is -0.480 e. The summed E-state index contributed by atoms with van der Waals surface area (Å²) in [6.07, 6.45) is 3.02. The fourth-order valence-corrected chi connectivity index (χ4v) is 1.79. The van der Waals surface area contributed by atoms with Crippen LogP contribution in [0.3, 0.4) is 0 Å². The maximum Gasteiger partial charge on any atom is 0.240 e. The number of nitrogens with two attached hydrogens (primary N) is 1. The first-order valence-electron chi connectivity index (χ1n) is 5.72. The van der Waals surface area contributed by atoms with E-state index >= 15 is 0 Å². The van der Waals surface area contributed by atoms with Gasteiger partial charge in [-0.2, -0.15) is 4.98 Å². The first-order chi connectivity index (χ1) is 9.69. The molecule has 2 aromatic rings. The van der Waals surface area contributed by atoms with Crippen molar-refractivity contribution in [1.29, 1.82) is 0 Å². The van der Waals surface area contributed by atoms with E-state index < -0.39 is 6.04 Å². The van der Waals surface area contributed by atoms with Crippen LogP contribution in [0.1, 0.15) is 17.4 Å². The molecule has 1 unspecified atom stereocenters. The molecule has 2 heterocycles. The normalized spacial score (nSPS) is 12.0. The van der Waals surface area contributed by atoms with Crippen LogP contribution in [0.4, 0.5) is 0 Å². The van der Waals surface area contributed by atoms with Crippen LogP contribution in [0.15, 0.2) is 24.5 Å². The van der Waals surface area contributed by atoms with Crippen molar-refractivity contribution in [2.24, 2.45) is 5.84 Å². The largest absolute Gasteiger partial charge is 0.480 e. The molecule has 0 saturated carbocycles. The summed E-state index contributed by atoms with van der Waals surface area (Å²) in [6.45, 7) is 0. The van der Waals surface area contributed by atoms with Gasteiger partial charge in [0.2, 0.25) is 11.8 Å². The van der Waals surface area contributed by atoms with Crippen LogP contribution in [-0.4, -0.2) is 29.2 Å². The second-order valence-electron chi connectivity index (χ2n) is 3.81. The third-order valence-electron chi connectivity index (χ3n) is 2.63. The van der Waals surface area contributed by atoms with Crippen LogP contribution in [0.25, 0.3) is 0 Å². The van der Waals surface area contributed by atoms with Gasteiger partial charge in [-0.15, -0.1) is 0 Å². The summed E-state index contributed by atoms with van der Waals surface area (Å²) in [7, 11) is 3.00. The lowest BCUT2D eigenvalue weighted by Crippen LogP contribution is -2.30. The lowest BCUT2D eigenvalue weighted by atomic mass is 10.1. The Morgan fingerprint density at radius 3 is 2.55 bits per heavy atom. The molecule has 1 atom stereocenters. The molecule has 106 valence electrons. The zero-order chi connectivity index (χ0) is 14.5. The number of halogens is 1. The van der Waals surface area contributed by atoms with Crippen LogP contribution < -0.4 is 20.7 Å². The Bertz CT molecular complexity index is 579. The molecule has 0 bridgehead atoms. The van der Waals surface area contributed by atoms with Gasteiger partial charge in [0.1, 0.15) is 11.7 Å². The van der Waals surface area contributed by atoms with Crippen molar-refractivity contribution in [2.75, 3.05) is 14.2 Å². The molecule has 3 N–H and O–H groups in total. The van der Waals surface area contributed by atoms with Crippen LogP contribution >= 0.6 is 11.6 Å². The number of hydrogen-bond donors (Lipinski definition) is 2. The van der Waals surface area contributed by atoms with Gasteiger partial charge in [-0.05, 0) is 12.1 Å². The summed E-state index contributed by atoms with van der Waals surface area (Å²) < 4.78 is 10.2. The molecule has 0 aromatic carbocycles. The van der Waals surface area contributed by atoms with Crippen LogP contribution in [0.2, 0.25) is 5.02 Å². The summed E-state index contributed by atoms with van der Waals surface area (Å²) in [4.78, 5) is 12.6. The molecule has 2 aromatic heterocycles. The molecule has 20 heavy (non-hydrogen) atoms. The van der Waals surface area contributed by atoms with E-state index in [-0.39, 0.29) is 0 Å². The molecule has 0 fully saturated rings. The Kier molecular flexibility index (Phi) is 4.67. The number of nitrogens with zero attached hydrogens (tertiary/aromatic N) is 3. The maximum atomic E-state index is 5.82. The van der Waals surface area contributed by atoms with Crippen molar-refractivity contribution in [2.45, 2.75) is 6.04 Å². The van der Waals surface area contributed by atoms with E-state index in [4.69, 9.17) is 26.9 Å².